The number of carbonyl (C=O) groups excluding carboxylic acids is 2. The van der Waals surface area contributed by atoms with E-state index in [2.05, 4.69) is 39.8 Å². The molecule has 2 amide bonds. The van der Waals surface area contributed by atoms with E-state index in [1.165, 1.54) is 37.9 Å². The van der Waals surface area contributed by atoms with Crippen molar-refractivity contribution in [2.45, 2.75) is 77.9 Å². The lowest BCUT2D eigenvalue weighted by molar-refractivity contribution is -0.132. The molecule has 1 saturated carbocycles. The Morgan fingerprint density at radius 3 is 2.21 bits per heavy atom. The van der Waals surface area contributed by atoms with Gasteiger partial charge < -0.3 is 10.6 Å². The van der Waals surface area contributed by atoms with Crippen molar-refractivity contribution in [2.75, 3.05) is 13.1 Å². The molecular formula is C24H37N3O2. The Bertz CT molecular complexity index is 659. The zero-order valence-corrected chi connectivity index (χ0v) is 18.1. The summed E-state index contributed by atoms with van der Waals surface area (Å²) in [4.78, 5) is 27.8. The highest BCUT2D eigenvalue weighted by atomic mass is 16.2. The Hall–Kier alpha value is -1.88. The largest absolute Gasteiger partial charge is 0.350 e. The van der Waals surface area contributed by atoms with E-state index in [4.69, 9.17) is 0 Å². The summed E-state index contributed by atoms with van der Waals surface area (Å²) >= 11 is 0. The second-order valence-corrected chi connectivity index (χ2v) is 9.08. The van der Waals surface area contributed by atoms with E-state index in [-0.39, 0.29) is 23.7 Å². The van der Waals surface area contributed by atoms with Crippen LogP contribution in [-0.2, 0) is 22.7 Å². The highest BCUT2D eigenvalue weighted by Gasteiger charge is 2.28. The van der Waals surface area contributed by atoms with E-state index in [1.54, 1.807) is 0 Å². The first-order valence-corrected chi connectivity index (χ1v) is 11.4. The minimum atomic E-state index is -0.473. The number of amides is 2. The molecule has 1 atom stereocenters. The Balaban J connectivity index is 1.48. The third-order valence-corrected chi connectivity index (χ3v) is 6.32. The quantitative estimate of drug-likeness (QED) is 0.702. The van der Waals surface area contributed by atoms with E-state index in [9.17, 15) is 9.59 Å². The van der Waals surface area contributed by atoms with Gasteiger partial charge in [0.25, 0.3) is 0 Å². The molecule has 5 heteroatoms. The molecule has 1 unspecified atom stereocenters. The van der Waals surface area contributed by atoms with Crippen LogP contribution in [0.25, 0.3) is 0 Å². The second kappa shape index (κ2) is 10.8. The molecule has 0 bridgehead atoms. The molecule has 0 radical (unpaired) electrons. The first-order chi connectivity index (χ1) is 14.0. The number of nitrogens with zero attached hydrogens (tertiary/aromatic N) is 1. The summed E-state index contributed by atoms with van der Waals surface area (Å²) in [6, 6.07) is 8.03. The van der Waals surface area contributed by atoms with Crippen molar-refractivity contribution in [2.24, 2.45) is 11.8 Å². The summed E-state index contributed by atoms with van der Waals surface area (Å²) in [6.07, 6.45) is 7.95. The van der Waals surface area contributed by atoms with Gasteiger partial charge in [0, 0.05) is 19.0 Å². The average molecular weight is 400 g/mol. The fourth-order valence-electron chi connectivity index (χ4n) is 4.43. The Morgan fingerprint density at radius 1 is 0.966 bits per heavy atom. The monoisotopic (exact) mass is 399 g/mol. The van der Waals surface area contributed by atoms with Gasteiger partial charge in [-0.05, 0) is 55.8 Å². The van der Waals surface area contributed by atoms with Gasteiger partial charge in [-0.25, -0.2) is 0 Å². The van der Waals surface area contributed by atoms with Gasteiger partial charge in [0.2, 0.25) is 11.8 Å². The summed E-state index contributed by atoms with van der Waals surface area (Å²) < 4.78 is 0. The number of benzene rings is 1. The zero-order chi connectivity index (χ0) is 20.6. The van der Waals surface area contributed by atoms with Gasteiger partial charge in [0.1, 0.15) is 6.04 Å². The third-order valence-electron chi connectivity index (χ3n) is 6.32. The molecule has 0 aromatic heterocycles. The molecule has 2 fully saturated rings. The predicted octanol–water partition coefficient (Wildman–Crippen LogP) is 3.62. The molecule has 1 aliphatic carbocycles. The minimum absolute atomic E-state index is 0.0461. The number of hydrogen-bond donors (Lipinski definition) is 2. The average Bonchev–Trinajstić information content (AvgIpc) is 3.24. The molecule has 1 aromatic carbocycles. The summed E-state index contributed by atoms with van der Waals surface area (Å²) in [6.45, 7) is 7.86. The Morgan fingerprint density at radius 2 is 1.59 bits per heavy atom. The normalized spacial score (nSPS) is 19.3. The van der Waals surface area contributed by atoms with Crippen LogP contribution in [0.15, 0.2) is 24.3 Å². The van der Waals surface area contributed by atoms with E-state index in [0.717, 1.165) is 37.8 Å². The van der Waals surface area contributed by atoms with Crippen molar-refractivity contribution in [3.05, 3.63) is 35.4 Å². The van der Waals surface area contributed by atoms with Crippen molar-refractivity contribution in [1.29, 1.82) is 0 Å². The van der Waals surface area contributed by atoms with Gasteiger partial charge in [-0.3, -0.25) is 14.5 Å². The highest BCUT2D eigenvalue weighted by Crippen LogP contribution is 2.24. The number of likely N-dealkylation sites (tertiary alicyclic amines) is 1. The lowest BCUT2D eigenvalue weighted by Crippen LogP contribution is -2.51. The number of nitrogens with one attached hydrogen (secondary N) is 2. The van der Waals surface area contributed by atoms with Crippen LogP contribution in [0, 0.1) is 11.8 Å². The maximum absolute atomic E-state index is 12.7. The predicted molar refractivity (Wildman–Crippen MR) is 116 cm³/mol. The van der Waals surface area contributed by atoms with Crippen LogP contribution in [0.2, 0.25) is 0 Å². The van der Waals surface area contributed by atoms with Crippen LogP contribution in [0.4, 0.5) is 0 Å². The fourth-order valence-corrected chi connectivity index (χ4v) is 4.43. The van der Waals surface area contributed by atoms with Crippen molar-refractivity contribution in [1.82, 2.24) is 15.5 Å². The van der Waals surface area contributed by atoms with E-state index >= 15 is 0 Å². The topological polar surface area (TPSA) is 61.4 Å². The molecule has 1 saturated heterocycles. The molecule has 1 aliphatic heterocycles. The summed E-state index contributed by atoms with van der Waals surface area (Å²) in [7, 11) is 0. The molecule has 2 aliphatic rings. The standard InChI is InChI=1S/C24H37N3O2/c1-18(2)22(26-23(28)21-8-4-3-5-9-21)24(29)25-16-19-10-12-20(13-11-19)17-27-14-6-7-15-27/h10-13,18,21-22H,3-9,14-17H2,1-2H3,(H,25,29)(H,26,28). The van der Waals surface area contributed by atoms with Gasteiger partial charge >= 0.3 is 0 Å². The minimum Gasteiger partial charge on any atom is -0.350 e. The Kier molecular flexibility index (Phi) is 8.10. The van der Waals surface area contributed by atoms with Gasteiger partial charge in [-0.15, -0.1) is 0 Å². The van der Waals surface area contributed by atoms with Gasteiger partial charge in [0.15, 0.2) is 0 Å². The van der Waals surface area contributed by atoms with Gasteiger partial charge in [-0.2, -0.15) is 0 Å². The van der Waals surface area contributed by atoms with Crippen LogP contribution in [0.3, 0.4) is 0 Å². The lowest BCUT2D eigenvalue weighted by Gasteiger charge is -2.26. The molecule has 5 nitrogen and oxygen atoms in total. The van der Waals surface area contributed by atoms with Crippen LogP contribution < -0.4 is 10.6 Å². The Labute approximate surface area is 175 Å². The van der Waals surface area contributed by atoms with E-state index < -0.39 is 6.04 Å². The summed E-state index contributed by atoms with van der Waals surface area (Å²) in [5.41, 5.74) is 2.41. The number of hydrogen-bond acceptors (Lipinski definition) is 3. The first kappa shape index (κ1) is 21.8. The SMILES string of the molecule is CC(C)C(NC(=O)C1CCCCC1)C(=O)NCc1ccc(CN2CCCC2)cc1. The maximum Gasteiger partial charge on any atom is 0.243 e. The second-order valence-electron chi connectivity index (χ2n) is 9.08. The first-order valence-electron chi connectivity index (χ1n) is 11.4. The van der Waals surface area contributed by atoms with E-state index in [1.807, 2.05) is 13.8 Å². The number of rotatable bonds is 8. The van der Waals surface area contributed by atoms with Crippen molar-refractivity contribution < 1.29 is 9.59 Å². The molecule has 1 heterocycles. The molecule has 0 spiro atoms. The summed E-state index contributed by atoms with van der Waals surface area (Å²) in [5, 5.41) is 6.03. The van der Waals surface area contributed by atoms with Crippen molar-refractivity contribution in [3.8, 4) is 0 Å². The molecule has 160 valence electrons. The van der Waals surface area contributed by atoms with Gasteiger partial charge in [-0.1, -0.05) is 57.4 Å². The summed E-state index contributed by atoms with van der Waals surface area (Å²) in [5.74, 6) is 0.0847. The van der Waals surface area contributed by atoms with Crippen LogP contribution in [0.1, 0.15) is 69.9 Å². The smallest absolute Gasteiger partial charge is 0.243 e. The van der Waals surface area contributed by atoms with Gasteiger partial charge in [0.05, 0.1) is 0 Å². The zero-order valence-electron chi connectivity index (χ0n) is 18.1. The molecule has 1 aromatic rings. The van der Waals surface area contributed by atoms with E-state index in [0.29, 0.717) is 6.54 Å². The van der Waals surface area contributed by atoms with Crippen LogP contribution >= 0.6 is 0 Å². The number of carbonyl (C=O) groups is 2. The molecule has 29 heavy (non-hydrogen) atoms. The van der Waals surface area contributed by atoms with Crippen molar-refractivity contribution in [3.63, 3.8) is 0 Å². The fraction of sp³-hybridized carbons (Fsp3) is 0.667. The maximum atomic E-state index is 12.7. The van der Waals surface area contributed by atoms with Crippen molar-refractivity contribution >= 4 is 11.8 Å². The third kappa shape index (κ3) is 6.56. The van der Waals surface area contributed by atoms with Crippen LogP contribution in [-0.4, -0.2) is 35.8 Å². The molecular weight excluding hydrogens is 362 g/mol. The molecule has 3 rings (SSSR count). The lowest BCUT2D eigenvalue weighted by atomic mass is 9.88. The highest BCUT2D eigenvalue weighted by molar-refractivity contribution is 5.88. The van der Waals surface area contributed by atoms with Crippen LogP contribution in [0.5, 0.6) is 0 Å². The molecule has 2 N–H and O–H groups in total.